The third kappa shape index (κ3) is 3.13. The number of H-pyrrole nitrogens is 1. The van der Waals surface area contributed by atoms with Gasteiger partial charge in [0.05, 0.1) is 6.54 Å². The molecule has 7 heteroatoms. The smallest absolute Gasteiger partial charge is 0.260 e. The molecule has 2 aromatic heterocycles. The molecule has 114 valence electrons. The summed E-state index contributed by atoms with van der Waals surface area (Å²) in [6, 6.07) is 6.66. The van der Waals surface area contributed by atoms with Crippen LogP contribution >= 0.6 is 0 Å². The van der Waals surface area contributed by atoms with Crippen LogP contribution in [0.3, 0.4) is 0 Å². The van der Waals surface area contributed by atoms with Crippen molar-refractivity contribution in [2.45, 2.75) is 18.9 Å². The molecule has 0 saturated carbocycles. The lowest BCUT2D eigenvalue weighted by Gasteiger charge is -2.32. The van der Waals surface area contributed by atoms with Gasteiger partial charge in [0.15, 0.2) is 0 Å². The van der Waals surface area contributed by atoms with Crippen molar-refractivity contribution in [3.8, 4) is 5.88 Å². The highest BCUT2D eigenvalue weighted by molar-refractivity contribution is 5.93. The van der Waals surface area contributed by atoms with Crippen LogP contribution in [-0.2, 0) is 0 Å². The Balaban J connectivity index is 1.69. The summed E-state index contributed by atoms with van der Waals surface area (Å²) in [4.78, 5) is 28.3. The van der Waals surface area contributed by atoms with Crippen LogP contribution < -0.4 is 10.3 Å². The first kappa shape index (κ1) is 14.2. The van der Waals surface area contributed by atoms with Crippen LogP contribution in [0.2, 0.25) is 0 Å². The number of carbonyl (C=O) groups is 1. The summed E-state index contributed by atoms with van der Waals surface area (Å²) in [6.45, 7) is 1.05. The van der Waals surface area contributed by atoms with E-state index < -0.39 is 0 Å². The Morgan fingerprint density at radius 1 is 1.36 bits per heavy atom. The highest BCUT2D eigenvalue weighted by atomic mass is 16.5. The fraction of sp³-hybridized carbons (Fsp3) is 0.333. The molecule has 0 aliphatic carbocycles. The average molecular weight is 300 g/mol. The lowest BCUT2D eigenvalue weighted by atomic mass is 10.1. The lowest BCUT2D eigenvalue weighted by Crippen LogP contribution is -2.45. The number of amides is 1. The molecule has 2 aromatic rings. The van der Waals surface area contributed by atoms with Gasteiger partial charge in [0.25, 0.3) is 11.5 Å². The Morgan fingerprint density at radius 2 is 2.27 bits per heavy atom. The van der Waals surface area contributed by atoms with Crippen molar-refractivity contribution in [2.75, 3.05) is 13.1 Å². The van der Waals surface area contributed by atoms with Gasteiger partial charge in [-0.3, -0.25) is 9.59 Å². The first-order chi connectivity index (χ1) is 10.7. The first-order valence-electron chi connectivity index (χ1n) is 7.15. The van der Waals surface area contributed by atoms with Gasteiger partial charge in [-0.05, 0) is 31.0 Å². The molecule has 1 atom stereocenters. The number of aromatic nitrogens is 3. The molecule has 1 aliphatic heterocycles. The summed E-state index contributed by atoms with van der Waals surface area (Å²) in [6.07, 6.45) is 4.60. The molecule has 1 fully saturated rings. The molecule has 0 aromatic carbocycles. The molecule has 1 aliphatic rings. The van der Waals surface area contributed by atoms with Gasteiger partial charge in [0, 0.05) is 25.0 Å². The minimum Gasteiger partial charge on any atom is -0.471 e. The fourth-order valence-corrected chi connectivity index (χ4v) is 2.50. The van der Waals surface area contributed by atoms with Crippen molar-refractivity contribution < 1.29 is 9.53 Å². The largest absolute Gasteiger partial charge is 0.471 e. The number of nitrogens with one attached hydrogen (secondary N) is 1. The van der Waals surface area contributed by atoms with Crippen LogP contribution in [0.1, 0.15) is 23.2 Å². The number of likely N-dealkylation sites (tertiary alicyclic amines) is 1. The Bertz CT molecular complexity index is 701. The maximum atomic E-state index is 12.4. The number of aromatic amines is 1. The van der Waals surface area contributed by atoms with E-state index in [-0.39, 0.29) is 23.1 Å². The molecule has 3 rings (SSSR count). The zero-order valence-electron chi connectivity index (χ0n) is 11.9. The van der Waals surface area contributed by atoms with Gasteiger partial charge in [0.1, 0.15) is 11.7 Å². The summed E-state index contributed by atoms with van der Waals surface area (Å²) in [7, 11) is 0. The number of hydrogen-bond donors (Lipinski definition) is 1. The zero-order valence-corrected chi connectivity index (χ0v) is 11.9. The lowest BCUT2D eigenvalue weighted by molar-refractivity contribution is 0.0524. The van der Waals surface area contributed by atoms with Crippen LogP contribution in [0.5, 0.6) is 5.88 Å². The Labute approximate surface area is 126 Å². The zero-order chi connectivity index (χ0) is 15.4. The van der Waals surface area contributed by atoms with Gasteiger partial charge in [-0.25, -0.2) is 0 Å². The molecule has 0 radical (unpaired) electrons. The predicted molar refractivity (Wildman–Crippen MR) is 78.6 cm³/mol. The number of hydrogen-bond acceptors (Lipinski definition) is 5. The molecular formula is C15H16N4O3. The van der Waals surface area contributed by atoms with E-state index in [1.807, 2.05) is 0 Å². The van der Waals surface area contributed by atoms with Crippen molar-refractivity contribution in [1.29, 1.82) is 0 Å². The first-order valence-corrected chi connectivity index (χ1v) is 7.15. The molecule has 0 spiro atoms. The number of pyridine rings is 1. The second-order valence-electron chi connectivity index (χ2n) is 5.11. The Morgan fingerprint density at radius 3 is 3.05 bits per heavy atom. The number of ether oxygens (including phenoxy) is 1. The second-order valence-corrected chi connectivity index (χ2v) is 5.11. The Hall–Kier alpha value is -2.70. The van der Waals surface area contributed by atoms with Crippen LogP contribution in [-0.4, -0.2) is 45.2 Å². The number of piperidine rings is 1. The maximum absolute atomic E-state index is 12.4. The van der Waals surface area contributed by atoms with Crippen LogP contribution in [0.4, 0.5) is 0 Å². The van der Waals surface area contributed by atoms with Gasteiger partial charge in [-0.15, -0.1) is 5.10 Å². The molecule has 7 nitrogen and oxygen atoms in total. The highest BCUT2D eigenvalue weighted by Crippen LogP contribution is 2.17. The third-order valence-corrected chi connectivity index (χ3v) is 3.55. The van der Waals surface area contributed by atoms with E-state index in [1.165, 1.54) is 12.3 Å². The maximum Gasteiger partial charge on any atom is 0.260 e. The van der Waals surface area contributed by atoms with Gasteiger partial charge in [-0.1, -0.05) is 0 Å². The van der Waals surface area contributed by atoms with E-state index in [0.29, 0.717) is 19.0 Å². The van der Waals surface area contributed by atoms with Gasteiger partial charge in [-0.2, -0.15) is 5.10 Å². The monoisotopic (exact) mass is 300 g/mol. The molecule has 0 bridgehead atoms. The quantitative estimate of drug-likeness (QED) is 0.908. The topological polar surface area (TPSA) is 88.2 Å². The molecular weight excluding hydrogens is 284 g/mol. The van der Waals surface area contributed by atoms with Gasteiger partial charge >= 0.3 is 0 Å². The van der Waals surface area contributed by atoms with Crippen molar-refractivity contribution >= 4 is 5.91 Å². The second kappa shape index (κ2) is 6.38. The average Bonchev–Trinajstić information content (AvgIpc) is 2.56. The number of rotatable bonds is 3. The normalized spacial score (nSPS) is 18.0. The van der Waals surface area contributed by atoms with Crippen LogP contribution in [0.25, 0.3) is 0 Å². The van der Waals surface area contributed by atoms with E-state index >= 15 is 0 Å². The predicted octanol–water partition coefficient (Wildman–Crippen LogP) is 0.848. The van der Waals surface area contributed by atoms with Crippen molar-refractivity contribution in [2.24, 2.45) is 0 Å². The van der Waals surface area contributed by atoms with E-state index in [4.69, 9.17) is 4.74 Å². The third-order valence-electron chi connectivity index (χ3n) is 3.55. The minimum absolute atomic E-state index is 0.141. The number of nitrogens with zero attached hydrogens (tertiary/aromatic N) is 3. The van der Waals surface area contributed by atoms with E-state index in [2.05, 4.69) is 15.2 Å². The summed E-state index contributed by atoms with van der Waals surface area (Å²) in [5.74, 6) is 0.175. The Kier molecular flexibility index (Phi) is 4.13. The standard InChI is InChI=1S/C15H16N4O3/c20-14-12(5-1-7-16-14)15(21)19-9-3-4-11(10-19)22-13-6-2-8-17-18-13/h1-2,5-8,11H,3-4,9-10H2,(H,16,20). The molecule has 1 amide bonds. The fourth-order valence-electron chi connectivity index (χ4n) is 2.50. The van der Waals surface area contributed by atoms with E-state index in [1.54, 1.807) is 29.3 Å². The summed E-state index contributed by atoms with van der Waals surface area (Å²) < 4.78 is 5.75. The van der Waals surface area contributed by atoms with Crippen LogP contribution in [0.15, 0.2) is 41.5 Å². The van der Waals surface area contributed by atoms with Gasteiger partial charge < -0.3 is 14.6 Å². The molecule has 1 saturated heterocycles. The van der Waals surface area contributed by atoms with Crippen molar-refractivity contribution in [3.05, 3.63) is 52.6 Å². The molecule has 3 heterocycles. The molecule has 1 N–H and O–H groups in total. The number of carbonyl (C=O) groups excluding carboxylic acids is 1. The SMILES string of the molecule is O=C(c1ccc[nH]c1=O)N1CCCC(Oc2cccnn2)C1. The molecule has 1 unspecified atom stereocenters. The summed E-state index contributed by atoms with van der Waals surface area (Å²) >= 11 is 0. The summed E-state index contributed by atoms with van der Waals surface area (Å²) in [5.41, 5.74) is -0.216. The van der Waals surface area contributed by atoms with Crippen LogP contribution in [0, 0.1) is 0 Å². The van der Waals surface area contributed by atoms with Crippen molar-refractivity contribution in [1.82, 2.24) is 20.1 Å². The van der Waals surface area contributed by atoms with E-state index in [0.717, 1.165) is 12.8 Å². The molecule has 22 heavy (non-hydrogen) atoms. The highest BCUT2D eigenvalue weighted by Gasteiger charge is 2.27. The summed E-state index contributed by atoms with van der Waals surface area (Å²) in [5, 5.41) is 7.65. The van der Waals surface area contributed by atoms with Crippen molar-refractivity contribution in [3.63, 3.8) is 0 Å². The minimum atomic E-state index is -0.371. The van der Waals surface area contributed by atoms with Gasteiger partial charge in [0.2, 0.25) is 5.88 Å². The van der Waals surface area contributed by atoms with E-state index in [9.17, 15) is 9.59 Å².